The first-order chi connectivity index (χ1) is 4.93. The van der Waals surface area contributed by atoms with Crippen molar-refractivity contribution in [2.24, 2.45) is 11.7 Å². The molecule has 0 spiro atoms. The molecular formula is C7H11F2NO. The van der Waals surface area contributed by atoms with Crippen LogP contribution >= 0.6 is 0 Å². The fourth-order valence-electron chi connectivity index (χ4n) is 0.920. The molecule has 2 atom stereocenters. The summed E-state index contributed by atoms with van der Waals surface area (Å²) >= 11 is 0. The Hall–Kier alpha value is -0.510. The Morgan fingerprint density at radius 2 is 2.27 bits per heavy atom. The standard InChI is InChI=1S/C7H11F2NO/c1-4(10)6(11)2-5-3-7(5,8)9/h4-5H,2-3,10H2,1H3/t4-,5?/m1/s1. The molecule has 0 aromatic carbocycles. The monoisotopic (exact) mass is 163 g/mol. The number of hydrogen-bond acceptors (Lipinski definition) is 2. The van der Waals surface area contributed by atoms with E-state index in [1.807, 2.05) is 0 Å². The van der Waals surface area contributed by atoms with Gasteiger partial charge in [0.15, 0.2) is 0 Å². The van der Waals surface area contributed by atoms with Crippen LogP contribution < -0.4 is 5.73 Å². The molecule has 4 heteroatoms. The van der Waals surface area contributed by atoms with Crippen molar-refractivity contribution in [3.05, 3.63) is 0 Å². The predicted octanol–water partition coefficient (Wildman–Crippen LogP) is 0.948. The van der Waals surface area contributed by atoms with Crippen LogP contribution in [-0.4, -0.2) is 17.7 Å². The third-order valence-corrected chi connectivity index (χ3v) is 1.91. The molecule has 1 aliphatic rings. The van der Waals surface area contributed by atoms with E-state index in [0.29, 0.717) is 0 Å². The van der Waals surface area contributed by atoms with Crippen LogP contribution in [0.15, 0.2) is 0 Å². The fourth-order valence-corrected chi connectivity index (χ4v) is 0.920. The summed E-state index contributed by atoms with van der Waals surface area (Å²) in [5.74, 6) is -3.60. The van der Waals surface area contributed by atoms with Gasteiger partial charge in [0.1, 0.15) is 5.78 Å². The van der Waals surface area contributed by atoms with Gasteiger partial charge in [-0.1, -0.05) is 0 Å². The van der Waals surface area contributed by atoms with Crippen molar-refractivity contribution in [2.75, 3.05) is 0 Å². The second-order valence-corrected chi connectivity index (χ2v) is 3.12. The second kappa shape index (κ2) is 2.52. The van der Waals surface area contributed by atoms with Crippen LogP contribution in [0.4, 0.5) is 8.78 Å². The van der Waals surface area contributed by atoms with E-state index in [4.69, 9.17) is 5.73 Å². The molecule has 1 aliphatic carbocycles. The van der Waals surface area contributed by atoms with Gasteiger partial charge in [-0.25, -0.2) is 8.78 Å². The van der Waals surface area contributed by atoms with Crippen LogP contribution in [0.25, 0.3) is 0 Å². The number of Topliss-reactive ketones (excluding diaryl/α,β-unsaturated/α-hetero) is 1. The lowest BCUT2D eigenvalue weighted by atomic mass is 10.1. The average Bonchev–Trinajstić information content (AvgIpc) is 2.39. The van der Waals surface area contributed by atoms with Crippen molar-refractivity contribution in [1.29, 1.82) is 0 Å². The minimum atomic E-state index is -2.59. The Balaban J connectivity index is 2.29. The maximum atomic E-state index is 12.2. The van der Waals surface area contributed by atoms with E-state index in [2.05, 4.69) is 0 Å². The molecule has 0 amide bonds. The molecule has 0 aromatic rings. The van der Waals surface area contributed by atoms with E-state index in [-0.39, 0.29) is 18.6 Å². The highest BCUT2D eigenvalue weighted by Gasteiger charge is 2.57. The highest BCUT2D eigenvalue weighted by Crippen LogP contribution is 2.50. The first-order valence-corrected chi connectivity index (χ1v) is 3.59. The molecular weight excluding hydrogens is 152 g/mol. The third-order valence-electron chi connectivity index (χ3n) is 1.91. The van der Waals surface area contributed by atoms with Gasteiger partial charge in [0.05, 0.1) is 6.04 Å². The number of halogens is 2. The molecule has 0 aliphatic heterocycles. The van der Waals surface area contributed by atoms with E-state index < -0.39 is 17.9 Å². The summed E-state index contributed by atoms with van der Waals surface area (Å²) in [7, 11) is 0. The summed E-state index contributed by atoms with van der Waals surface area (Å²) in [4.78, 5) is 10.8. The van der Waals surface area contributed by atoms with Gasteiger partial charge < -0.3 is 5.73 Å². The summed E-state index contributed by atoms with van der Waals surface area (Å²) in [6, 6.07) is -0.605. The molecule has 0 aromatic heterocycles. The van der Waals surface area contributed by atoms with Gasteiger partial charge in [0.2, 0.25) is 0 Å². The molecule has 1 saturated carbocycles. The molecule has 64 valence electrons. The predicted molar refractivity (Wildman–Crippen MR) is 36.3 cm³/mol. The van der Waals surface area contributed by atoms with Gasteiger partial charge >= 0.3 is 0 Å². The first kappa shape index (κ1) is 8.59. The zero-order chi connectivity index (χ0) is 8.65. The van der Waals surface area contributed by atoms with Crippen molar-refractivity contribution in [3.8, 4) is 0 Å². The highest BCUT2D eigenvalue weighted by molar-refractivity contribution is 5.83. The molecule has 2 N–H and O–H groups in total. The summed E-state index contributed by atoms with van der Waals surface area (Å²) in [5.41, 5.74) is 5.21. The van der Waals surface area contributed by atoms with Gasteiger partial charge in [0, 0.05) is 18.8 Å². The maximum absolute atomic E-state index is 12.2. The Kier molecular flexibility index (Phi) is 1.96. The number of carbonyl (C=O) groups excluding carboxylic acids is 1. The minimum absolute atomic E-state index is 0.0648. The Bertz CT molecular complexity index is 179. The van der Waals surface area contributed by atoms with Crippen LogP contribution in [0.2, 0.25) is 0 Å². The van der Waals surface area contributed by atoms with E-state index in [9.17, 15) is 13.6 Å². The van der Waals surface area contributed by atoms with Crippen LogP contribution in [0.1, 0.15) is 19.8 Å². The number of alkyl halides is 2. The third kappa shape index (κ3) is 1.96. The van der Waals surface area contributed by atoms with E-state index in [0.717, 1.165) is 0 Å². The van der Waals surface area contributed by atoms with Crippen molar-refractivity contribution < 1.29 is 13.6 Å². The Labute approximate surface area is 63.8 Å². The zero-order valence-corrected chi connectivity index (χ0v) is 6.31. The average molecular weight is 163 g/mol. The lowest BCUT2D eigenvalue weighted by molar-refractivity contribution is -0.120. The largest absolute Gasteiger partial charge is 0.322 e. The van der Waals surface area contributed by atoms with Crippen LogP contribution in [-0.2, 0) is 4.79 Å². The summed E-state index contributed by atoms with van der Waals surface area (Å²) in [6.45, 7) is 1.52. The molecule has 11 heavy (non-hydrogen) atoms. The molecule has 0 bridgehead atoms. The van der Waals surface area contributed by atoms with Crippen LogP contribution in [0.5, 0.6) is 0 Å². The second-order valence-electron chi connectivity index (χ2n) is 3.12. The topological polar surface area (TPSA) is 43.1 Å². The van der Waals surface area contributed by atoms with Crippen LogP contribution in [0, 0.1) is 5.92 Å². The van der Waals surface area contributed by atoms with Crippen molar-refractivity contribution in [2.45, 2.75) is 31.7 Å². The number of ketones is 1. The smallest absolute Gasteiger partial charge is 0.252 e. The summed E-state index contributed by atoms with van der Waals surface area (Å²) < 4.78 is 24.5. The Morgan fingerprint density at radius 3 is 2.55 bits per heavy atom. The summed E-state index contributed by atoms with van der Waals surface area (Å²) in [6.07, 6.45) is -0.212. The van der Waals surface area contributed by atoms with Crippen molar-refractivity contribution >= 4 is 5.78 Å². The number of carbonyl (C=O) groups is 1. The minimum Gasteiger partial charge on any atom is -0.322 e. The van der Waals surface area contributed by atoms with Crippen molar-refractivity contribution in [1.82, 2.24) is 0 Å². The SMILES string of the molecule is C[C@@H](N)C(=O)CC1CC1(F)F. The molecule has 0 heterocycles. The van der Waals surface area contributed by atoms with Gasteiger partial charge in [-0.2, -0.15) is 0 Å². The van der Waals surface area contributed by atoms with Gasteiger partial charge in [-0.05, 0) is 6.92 Å². The molecule has 0 saturated heterocycles. The molecule has 0 radical (unpaired) electrons. The molecule has 1 unspecified atom stereocenters. The quantitative estimate of drug-likeness (QED) is 0.673. The number of rotatable bonds is 3. The van der Waals surface area contributed by atoms with E-state index in [1.165, 1.54) is 6.92 Å². The van der Waals surface area contributed by atoms with Crippen molar-refractivity contribution in [3.63, 3.8) is 0 Å². The maximum Gasteiger partial charge on any atom is 0.252 e. The van der Waals surface area contributed by atoms with Gasteiger partial charge in [-0.15, -0.1) is 0 Å². The van der Waals surface area contributed by atoms with Gasteiger partial charge in [0.25, 0.3) is 5.92 Å². The fraction of sp³-hybridized carbons (Fsp3) is 0.857. The molecule has 1 rings (SSSR count). The van der Waals surface area contributed by atoms with Crippen LogP contribution in [0.3, 0.4) is 0 Å². The van der Waals surface area contributed by atoms with Gasteiger partial charge in [-0.3, -0.25) is 4.79 Å². The lowest BCUT2D eigenvalue weighted by Gasteiger charge is -2.01. The normalized spacial score (nSPS) is 29.6. The summed E-state index contributed by atoms with van der Waals surface area (Å²) in [5, 5.41) is 0. The van der Waals surface area contributed by atoms with E-state index >= 15 is 0 Å². The number of hydrogen-bond donors (Lipinski definition) is 1. The zero-order valence-electron chi connectivity index (χ0n) is 6.31. The number of nitrogens with two attached hydrogens (primary N) is 1. The lowest BCUT2D eigenvalue weighted by Crippen LogP contribution is -2.27. The molecule has 1 fully saturated rings. The molecule has 2 nitrogen and oxygen atoms in total. The Morgan fingerprint density at radius 1 is 1.82 bits per heavy atom. The highest BCUT2D eigenvalue weighted by atomic mass is 19.3. The first-order valence-electron chi connectivity index (χ1n) is 3.59. The van der Waals surface area contributed by atoms with E-state index in [1.54, 1.807) is 0 Å².